The van der Waals surface area contributed by atoms with E-state index in [9.17, 15) is 23.3 Å². The van der Waals surface area contributed by atoms with Gasteiger partial charge in [-0.1, -0.05) is 17.7 Å². The first-order valence-corrected chi connectivity index (χ1v) is 11.7. The average molecular weight is 491 g/mol. The predicted molar refractivity (Wildman–Crippen MR) is 125 cm³/mol. The molecule has 33 heavy (non-hydrogen) atoms. The van der Waals surface area contributed by atoms with E-state index in [1.54, 1.807) is 43.3 Å². The van der Waals surface area contributed by atoms with Gasteiger partial charge >= 0.3 is 0 Å². The van der Waals surface area contributed by atoms with Gasteiger partial charge in [0, 0.05) is 22.7 Å². The van der Waals surface area contributed by atoms with Crippen molar-refractivity contribution in [2.45, 2.75) is 6.92 Å². The Morgan fingerprint density at radius 1 is 1.21 bits per heavy atom. The Kier molecular flexibility index (Phi) is 7.14. The molecule has 0 atom stereocenters. The molecule has 0 aliphatic rings. The second-order valence-corrected chi connectivity index (χ2v) is 9.32. The third-order valence-electron chi connectivity index (χ3n) is 4.50. The lowest BCUT2D eigenvalue weighted by Gasteiger charge is -2.21. The van der Waals surface area contributed by atoms with Crippen molar-refractivity contribution in [3.63, 3.8) is 0 Å². The van der Waals surface area contributed by atoms with Gasteiger partial charge in [0.1, 0.15) is 18.1 Å². The zero-order valence-corrected chi connectivity index (χ0v) is 19.1. The van der Waals surface area contributed by atoms with Crippen LogP contribution in [0.5, 0.6) is 0 Å². The van der Waals surface area contributed by atoms with Crippen molar-refractivity contribution in [1.29, 1.82) is 0 Å². The summed E-state index contributed by atoms with van der Waals surface area (Å²) in [5, 5.41) is 14.9. The number of benzene rings is 2. The number of nitrogens with zero attached hydrogens (tertiary/aromatic N) is 3. The maximum atomic E-state index is 12.3. The molecule has 0 aliphatic carbocycles. The molecule has 0 aliphatic heterocycles. The van der Waals surface area contributed by atoms with Crippen LogP contribution >= 0.6 is 11.6 Å². The van der Waals surface area contributed by atoms with Crippen LogP contribution in [0.2, 0.25) is 5.02 Å². The summed E-state index contributed by atoms with van der Waals surface area (Å²) in [6.07, 6.45) is 2.24. The second-order valence-electron chi connectivity index (χ2n) is 7.00. The summed E-state index contributed by atoms with van der Waals surface area (Å²) in [7, 11) is -3.75. The Labute approximate surface area is 194 Å². The highest BCUT2D eigenvalue weighted by atomic mass is 35.5. The number of furan rings is 1. The molecule has 1 aromatic heterocycles. The van der Waals surface area contributed by atoms with Crippen LogP contribution in [-0.4, -0.2) is 38.3 Å². The minimum absolute atomic E-state index is 0.0362. The fourth-order valence-corrected chi connectivity index (χ4v) is 3.82. The van der Waals surface area contributed by atoms with Gasteiger partial charge in [-0.2, -0.15) is 5.10 Å². The molecule has 3 aromatic rings. The summed E-state index contributed by atoms with van der Waals surface area (Å²) < 4.78 is 30.8. The highest BCUT2D eigenvalue weighted by Crippen LogP contribution is 2.25. The van der Waals surface area contributed by atoms with E-state index >= 15 is 0 Å². The summed E-state index contributed by atoms with van der Waals surface area (Å²) >= 11 is 6.08. The van der Waals surface area contributed by atoms with Crippen LogP contribution < -0.4 is 9.73 Å². The molecule has 0 saturated carbocycles. The van der Waals surface area contributed by atoms with Gasteiger partial charge in [-0.3, -0.25) is 19.2 Å². The molecular weight excluding hydrogens is 472 g/mol. The van der Waals surface area contributed by atoms with Gasteiger partial charge in [-0.25, -0.2) is 13.8 Å². The van der Waals surface area contributed by atoms with Crippen molar-refractivity contribution in [3.05, 3.63) is 81.1 Å². The van der Waals surface area contributed by atoms with Crippen molar-refractivity contribution in [3.8, 4) is 11.3 Å². The van der Waals surface area contributed by atoms with Crippen LogP contribution in [0.3, 0.4) is 0 Å². The Morgan fingerprint density at radius 2 is 1.91 bits per heavy atom. The zero-order valence-electron chi connectivity index (χ0n) is 17.6. The number of aryl methyl sites for hydroxylation is 1. The number of hydrogen-bond donors (Lipinski definition) is 1. The number of carbonyl (C=O) groups is 1. The van der Waals surface area contributed by atoms with Crippen LogP contribution in [0.4, 0.5) is 11.4 Å². The van der Waals surface area contributed by atoms with Gasteiger partial charge in [0.2, 0.25) is 10.0 Å². The number of rotatable bonds is 8. The van der Waals surface area contributed by atoms with E-state index in [0.29, 0.717) is 22.1 Å². The summed E-state index contributed by atoms with van der Waals surface area (Å²) in [6, 6.07) is 13.8. The third-order valence-corrected chi connectivity index (χ3v) is 6.05. The fourth-order valence-electron chi connectivity index (χ4n) is 2.80. The van der Waals surface area contributed by atoms with E-state index < -0.39 is 27.4 Å². The number of anilines is 1. The van der Waals surface area contributed by atoms with E-state index in [1.165, 1.54) is 24.4 Å². The van der Waals surface area contributed by atoms with Gasteiger partial charge in [0.25, 0.3) is 11.6 Å². The van der Waals surface area contributed by atoms with Gasteiger partial charge in [0.15, 0.2) is 0 Å². The molecule has 10 nitrogen and oxygen atoms in total. The lowest BCUT2D eigenvalue weighted by Crippen LogP contribution is -2.39. The predicted octanol–water partition coefficient (Wildman–Crippen LogP) is 3.73. The Morgan fingerprint density at radius 3 is 2.52 bits per heavy atom. The molecule has 3 rings (SSSR count). The first-order valence-electron chi connectivity index (χ1n) is 9.45. The molecule has 0 unspecified atom stereocenters. The number of hydrazone groups is 1. The van der Waals surface area contributed by atoms with E-state index in [4.69, 9.17) is 16.0 Å². The topological polar surface area (TPSA) is 135 Å². The number of amides is 1. The van der Waals surface area contributed by atoms with Crippen LogP contribution in [0, 0.1) is 17.0 Å². The standard InChI is InChI=1S/C21H19ClN4O6S/c1-14-3-6-17(11-19(14)22)25(33(2,30)31)13-21(27)24-23-12-18-9-10-20(32-18)15-4-7-16(8-5-15)26(28)29/h3-12H,13H2,1-2H3,(H,24,27)/b23-12-. The molecule has 1 heterocycles. The van der Waals surface area contributed by atoms with Crippen molar-refractivity contribution < 1.29 is 22.6 Å². The molecule has 1 amide bonds. The maximum absolute atomic E-state index is 12.3. The molecule has 2 aromatic carbocycles. The number of nitrogens with one attached hydrogen (secondary N) is 1. The summed E-state index contributed by atoms with van der Waals surface area (Å²) in [6.45, 7) is 1.28. The number of non-ortho nitro benzene ring substituents is 1. The quantitative estimate of drug-likeness (QED) is 0.290. The molecule has 0 bridgehead atoms. The highest BCUT2D eigenvalue weighted by Gasteiger charge is 2.21. The molecule has 0 radical (unpaired) electrons. The average Bonchev–Trinajstić information content (AvgIpc) is 3.22. The van der Waals surface area contributed by atoms with Crippen LogP contribution in [0.15, 0.2) is 64.1 Å². The van der Waals surface area contributed by atoms with E-state index in [1.807, 2.05) is 0 Å². The minimum atomic E-state index is -3.75. The number of hydrogen-bond acceptors (Lipinski definition) is 7. The molecule has 12 heteroatoms. The smallest absolute Gasteiger partial charge is 0.269 e. The van der Waals surface area contributed by atoms with Crippen molar-refractivity contribution in [1.82, 2.24) is 5.43 Å². The minimum Gasteiger partial charge on any atom is -0.455 e. The number of sulfonamides is 1. The number of halogens is 1. The molecule has 1 N–H and O–H groups in total. The van der Waals surface area contributed by atoms with Gasteiger partial charge in [0.05, 0.1) is 23.1 Å². The monoisotopic (exact) mass is 490 g/mol. The Hall–Kier alpha value is -3.70. The number of nitro groups is 1. The third kappa shape index (κ3) is 6.18. The first-order chi connectivity index (χ1) is 15.5. The largest absolute Gasteiger partial charge is 0.455 e. The van der Waals surface area contributed by atoms with Crippen molar-refractivity contribution >= 4 is 45.1 Å². The van der Waals surface area contributed by atoms with Gasteiger partial charge < -0.3 is 4.42 Å². The highest BCUT2D eigenvalue weighted by molar-refractivity contribution is 7.92. The van der Waals surface area contributed by atoms with Crippen LogP contribution in [0.1, 0.15) is 11.3 Å². The van der Waals surface area contributed by atoms with Crippen LogP contribution in [0.25, 0.3) is 11.3 Å². The van der Waals surface area contributed by atoms with Crippen molar-refractivity contribution in [2.75, 3.05) is 17.1 Å². The fraction of sp³-hybridized carbons (Fsp3) is 0.143. The van der Waals surface area contributed by atoms with E-state index in [-0.39, 0.29) is 11.4 Å². The van der Waals surface area contributed by atoms with E-state index in [0.717, 1.165) is 16.1 Å². The second kappa shape index (κ2) is 9.84. The molecular formula is C21H19ClN4O6S. The number of carbonyl (C=O) groups excluding carboxylic acids is 1. The maximum Gasteiger partial charge on any atom is 0.269 e. The molecule has 172 valence electrons. The molecule has 0 fully saturated rings. The normalized spacial score (nSPS) is 11.5. The Bertz CT molecular complexity index is 1320. The van der Waals surface area contributed by atoms with Crippen LogP contribution in [-0.2, 0) is 14.8 Å². The van der Waals surface area contributed by atoms with Crippen molar-refractivity contribution in [2.24, 2.45) is 5.10 Å². The van der Waals surface area contributed by atoms with Gasteiger partial charge in [-0.15, -0.1) is 0 Å². The summed E-state index contributed by atoms with van der Waals surface area (Å²) in [5.41, 5.74) is 3.88. The van der Waals surface area contributed by atoms with E-state index in [2.05, 4.69) is 10.5 Å². The summed E-state index contributed by atoms with van der Waals surface area (Å²) in [4.78, 5) is 22.5. The zero-order chi connectivity index (χ0) is 24.2. The Balaban J connectivity index is 1.65. The first kappa shape index (κ1) is 24.0. The number of nitro benzene ring substituents is 1. The lowest BCUT2D eigenvalue weighted by atomic mass is 10.1. The van der Waals surface area contributed by atoms with Gasteiger partial charge in [-0.05, 0) is 48.9 Å². The lowest BCUT2D eigenvalue weighted by molar-refractivity contribution is -0.384. The molecule has 0 saturated heterocycles. The summed E-state index contributed by atoms with van der Waals surface area (Å²) in [5.74, 6) is 0.0987. The SMILES string of the molecule is Cc1ccc(N(CC(=O)N/N=C\c2ccc(-c3ccc([N+](=O)[O-])cc3)o2)S(C)(=O)=O)cc1Cl. The molecule has 0 spiro atoms.